The number of carbonyl (C=O) groups excluding carboxylic acids is 2. The highest BCUT2D eigenvalue weighted by Crippen LogP contribution is 2.40. The van der Waals surface area contributed by atoms with Gasteiger partial charge in [-0.05, 0) is 43.7 Å². The molecule has 0 radical (unpaired) electrons. The molecule has 0 aliphatic carbocycles. The Morgan fingerprint density at radius 2 is 1.85 bits per heavy atom. The van der Waals surface area contributed by atoms with E-state index in [1.54, 1.807) is 36.9 Å². The van der Waals surface area contributed by atoms with Crippen LogP contribution in [-0.4, -0.2) is 83.9 Å². The molecule has 2 aromatic carbocycles. The van der Waals surface area contributed by atoms with E-state index < -0.39 is 35.7 Å². The van der Waals surface area contributed by atoms with E-state index in [-0.39, 0.29) is 84.5 Å². The molecule has 0 atom stereocenters. The molecular weight excluding hydrogens is 711 g/mol. The summed E-state index contributed by atoms with van der Waals surface area (Å²) in [6, 6.07) is 7.71. The van der Waals surface area contributed by atoms with Gasteiger partial charge in [0.1, 0.15) is 18.6 Å². The first-order chi connectivity index (χ1) is 24.8. The Balaban J connectivity index is 1.26. The Bertz CT molecular complexity index is 2300. The van der Waals surface area contributed by atoms with E-state index >= 15 is 0 Å². The van der Waals surface area contributed by atoms with Crippen molar-refractivity contribution >= 4 is 40.6 Å². The standard InChI is InChI=1S/C33H29ClF3N9O6/c1-3-22-26(43-9-11-44(12-10-43)30(49)25-27(48)17(2)38-15-39-25)31(50)46-32(41-29(42-46)19-5-4-6-23-28(19)52-16-51-23)45(22)14-24(47)40-21-8-7-18(13-20(21)34)33(35,36)37/h4-8,13,15,48H,3,9-12,14,16H2,1-2H3,(H,40,47). The lowest BCUT2D eigenvalue weighted by Gasteiger charge is -2.36. The average Bonchev–Trinajstić information content (AvgIpc) is 3.79. The number of hydrogen-bond donors (Lipinski definition) is 2. The van der Waals surface area contributed by atoms with Crippen molar-refractivity contribution in [2.75, 3.05) is 43.2 Å². The summed E-state index contributed by atoms with van der Waals surface area (Å²) in [7, 11) is 0. The van der Waals surface area contributed by atoms with Crippen LogP contribution >= 0.6 is 11.6 Å². The second-order valence-corrected chi connectivity index (χ2v) is 12.3. The maximum atomic E-state index is 14.3. The molecule has 5 aromatic rings. The molecule has 0 saturated carbocycles. The number of benzene rings is 2. The first-order valence-electron chi connectivity index (χ1n) is 16.0. The van der Waals surface area contributed by atoms with E-state index in [0.717, 1.165) is 22.7 Å². The number of amides is 2. The summed E-state index contributed by atoms with van der Waals surface area (Å²) in [6.07, 6.45) is -3.18. The molecule has 1 fully saturated rings. The van der Waals surface area contributed by atoms with E-state index in [0.29, 0.717) is 22.8 Å². The SMILES string of the molecule is CCc1c(N2CCN(C(=O)c3ncnc(C)c3O)CC2)c(=O)n2nc(-c3cccc4c3OCO4)nc2n1CC(=O)Nc1ccc(C(F)(F)F)cc1Cl. The number of aromatic hydroxyl groups is 1. The molecule has 19 heteroatoms. The van der Waals surface area contributed by atoms with Crippen LogP contribution in [0.3, 0.4) is 0 Å². The summed E-state index contributed by atoms with van der Waals surface area (Å²) in [6.45, 7) is 3.66. The maximum absolute atomic E-state index is 14.3. The van der Waals surface area contributed by atoms with Crippen molar-refractivity contribution in [2.24, 2.45) is 0 Å². The van der Waals surface area contributed by atoms with Crippen molar-refractivity contribution in [3.63, 3.8) is 0 Å². The topological polar surface area (TPSA) is 169 Å². The molecule has 0 bridgehead atoms. The zero-order valence-electron chi connectivity index (χ0n) is 27.6. The van der Waals surface area contributed by atoms with Gasteiger partial charge in [0.05, 0.1) is 33.2 Å². The molecule has 7 rings (SSSR count). The highest BCUT2D eigenvalue weighted by molar-refractivity contribution is 6.33. The Labute approximate surface area is 297 Å². The van der Waals surface area contributed by atoms with E-state index in [1.165, 1.54) is 15.8 Å². The monoisotopic (exact) mass is 739 g/mol. The molecule has 270 valence electrons. The minimum atomic E-state index is -4.63. The van der Waals surface area contributed by atoms with Crippen molar-refractivity contribution in [3.8, 4) is 28.6 Å². The summed E-state index contributed by atoms with van der Waals surface area (Å²) in [4.78, 5) is 56.9. The number of piperazine rings is 1. The first-order valence-corrected chi connectivity index (χ1v) is 16.4. The van der Waals surface area contributed by atoms with Gasteiger partial charge in [0.15, 0.2) is 28.8 Å². The number of alkyl halides is 3. The number of nitrogens with one attached hydrogen (secondary N) is 1. The third kappa shape index (κ3) is 6.18. The van der Waals surface area contributed by atoms with Crippen molar-refractivity contribution < 1.29 is 37.3 Å². The number of rotatable bonds is 7. The molecule has 52 heavy (non-hydrogen) atoms. The van der Waals surface area contributed by atoms with Crippen molar-refractivity contribution in [3.05, 3.63) is 80.7 Å². The predicted molar refractivity (Wildman–Crippen MR) is 180 cm³/mol. The summed E-state index contributed by atoms with van der Waals surface area (Å²) in [5.41, 5.74) is -0.324. The second kappa shape index (κ2) is 13.3. The number of carbonyl (C=O) groups is 2. The van der Waals surface area contributed by atoms with Gasteiger partial charge in [-0.15, -0.1) is 5.10 Å². The Kier molecular flexibility index (Phi) is 8.85. The molecule has 2 amide bonds. The highest BCUT2D eigenvalue weighted by Gasteiger charge is 2.33. The van der Waals surface area contributed by atoms with Gasteiger partial charge in [0, 0.05) is 26.2 Å². The van der Waals surface area contributed by atoms with Gasteiger partial charge < -0.3 is 34.3 Å². The number of hydrogen-bond acceptors (Lipinski definition) is 11. The summed E-state index contributed by atoms with van der Waals surface area (Å²) >= 11 is 6.12. The first kappa shape index (κ1) is 34.5. The largest absolute Gasteiger partial charge is 0.504 e. The van der Waals surface area contributed by atoms with E-state index in [4.69, 9.17) is 21.1 Å². The number of nitrogens with zero attached hydrogens (tertiary/aromatic N) is 8. The molecule has 2 aliphatic rings. The lowest BCUT2D eigenvalue weighted by Crippen LogP contribution is -2.51. The van der Waals surface area contributed by atoms with Gasteiger partial charge in [-0.1, -0.05) is 24.6 Å². The third-order valence-corrected chi connectivity index (χ3v) is 9.07. The van der Waals surface area contributed by atoms with Crippen LogP contribution in [0.15, 0.2) is 47.5 Å². The molecule has 1 saturated heterocycles. The molecule has 0 spiro atoms. The average molecular weight is 740 g/mol. The molecule has 2 N–H and O–H groups in total. The minimum absolute atomic E-state index is 0.0196. The van der Waals surface area contributed by atoms with Crippen LogP contribution in [0.2, 0.25) is 5.02 Å². The van der Waals surface area contributed by atoms with E-state index in [2.05, 4.69) is 25.4 Å². The molecular formula is C33H29ClF3N9O6. The predicted octanol–water partition coefficient (Wildman–Crippen LogP) is 3.93. The van der Waals surface area contributed by atoms with Gasteiger partial charge in [-0.3, -0.25) is 14.4 Å². The highest BCUT2D eigenvalue weighted by atomic mass is 35.5. The summed E-state index contributed by atoms with van der Waals surface area (Å²) < 4.78 is 53.4. The van der Waals surface area contributed by atoms with Gasteiger partial charge in [0.2, 0.25) is 18.5 Å². The number of halogens is 4. The zero-order chi connectivity index (χ0) is 36.9. The van der Waals surface area contributed by atoms with Crippen LogP contribution in [0, 0.1) is 6.92 Å². The van der Waals surface area contributed by atoms with Gasteiger partial charge in [-0.25, -0.2) is 9.97 Å². The Morgan fingerprint density at radius 3 is 2.56 bits per heavy atom. The fourth-order valence-electron chi connectivity index (χ4n) is 6.18. The van der Waals surface area contributed by atoms with Crippen LogP contribution in [0.1, 0.15) is 34.4 Å². The van der Waals surface area contributed by atoms with Gasteiger partial charge in [0.25, 0.3) is 11.5 Å². The van der Waals surface area contributed by atoms with Gasteiger partial charge >= 0.3 is 6.18 Å². The number of fused-ring (bicyclic) bond motifs is 2. The Hall–Kier alpha value is -5.91. The molecule has 3 aromatic heterocycles. The van der Waals surface area contributed by atoms with Crippen LogP contribution in [0.4, 0.5) is 24.5 Å². The van der Waals surface area contributed by atoms with Crippen LogP contribution in [0.5, 0.6) is 17.2 Å². The fourth-order valence-corrected chi connectivity index (χ4v) is 6.41. The molecule has 2 aliphatic heterocycles. The fraction of sp³-hybridized carbons (Fsp3) is 0.303. The number of aryl methyl sites for hydroxylation is 1. The number of ether oxygens (including phenoxy) is 2. The zero-order valence-corrected chi connectivity index (χ0v) is 28.3. The third-order valence-electron chi connectivity index (χ3n) is 8.76. The molecule has 5 heterocycles. The van der Waals surface area contributed by atoms with E-state index in [1.807, 2.05) is 0 Å². The van der Waals surface area contributed by atoms with Crippen LogP contribution in [-0.2, 0) is 23.9 Å². The van der Waals surface area contributed by atoms with E-state index in [9.17, 15) is 32.7 Å². The lowest BCUT2D eigenvalue weighted by molar-refractivity contribution is -0.137. The Morgan fingerprint density at radius 1 is 1.08 bits per heavy atom. The molecule has 0 unspecified atom stereocenters. The van der Waals surface area contributed by atoms with Crippen LogP contribution in [0.25, 0.3) is 17.2 Å². The number of para-hydroxylation sites is 1. The normalized spacial score (nSPS) is 14.3. The van der Waals surface area contributed by atoms with Crippen molar-refractivity contribution in [1.29, 1.82) is 0 Å². The van der Waals surface area contributed by atoms with Crippen molar-refractivity contribution in [1.82, 2.24) is 34.0 Å². The quantitative estimate of drug-likeness (QED) is 0.248. The summed E-state index contributed by atoms with van der Waals surface area (Å²) in [5.74, 6) is -0.475. The minimum Gasteiger partial charge on any atom is -0.504 e. The second-order valence-electron chi connectivity index (χ2n) is 11.9. The van der Waals surface area contributed by atoms with Crippen LogP contribution < -0.4 is 25.2 Å². The maximum Gasteiger partial charge on any atom is 0.416 e. The van der Waals surface area contributed by atoms with Gasteiger partial charge in [-0.2, -0.15) is 22.7 Å². The van der Waals surface area contributed by atoms with Crippen molar-refractivity contribution in [2.45, 2.75) is 33.0 Å². The number of aromatic nitrogens is 6. The summed E-state index contributed by atoms with van der Waals surface area (Å²) in [5, 5.41) is 17.2. The lowest BCUT2D eigenvalue weighted by atomic mass is 10.2. The smallest absolute Gasteiger partial charge is 0.416 e. The molecule has 15 nitrogen and oxygen atoms in total. The number of anilines is 2.